The molecule has 0 atom stereocenters. The van der Waals surface area contributed by atoms with Crippen molar-refractivity contribution in [1.82, 2.24) is 10.6 Å². The van der Waals surface area contributed by atoms with Crippen molar-refractivity contribution in [3.63, 3.8) is 0 Å². The number of amides is 2. The maximum absolute atomic E-state index is 12.3. The summed E-state index contributed by atoms with van der Waals surface area (Å²) in [4.78, 5) is 25.4. The summed E-state index contributed by atoms with van der Waals surface area (Å²) in [6.45, 7) is -0.168. The minimum Gasteiger partial charge on any atom is -0.507 e. The summed E-state index contributed by atoms with van der Waals surface area (Å²) in [5.74, 6) is -1.35. The van der Waals surface area contributed by atoms with Crippen molar-refractivity contribution in [2.45, 2.75) is 4.90 Å². The molecule has 6 nitrogen and oxygen atoms in total. The number of thiol groups is 1. The van der Waals surface area contributed by atoms with Crippen LogP contribution < -0.4 is 10.6 Å². The number of phenols is 1. The van der Waals surface area contributed by atoms with Gasteiger partial charge in [0, 0.05) is 11.4 Å². The van der Waals surface area contributed by atoms with E-state index in [1.54, 1.807) is 36.4 Å². The third-order valence-corrected chi connectivity index (χ3v) is 3.54. The van der Waals surface area contributed by atoms with Crippen LogP contribution >= 0.6 is 12.6 Å². The lowest BCUT2D eigenvalue weighted by atomic mass is 10.1. The molecule has 2 amide bonds. The SMILES string of the molecule is O=C(NCCO)/C(=C/c1ccc(S)cc1)NC(=O)c1ccccc1O. The van der Waals surface area contributed by atoms with Gasteiger partial charge in [-0.05, 0) is 35.9 Å². The van der Waals surface area contributed by atoms with E-state index >= 15 is 0 Å². The summed E-state index contributed by atoms with van der Waals surface area (Å²) in [6.07, 6.45) is 1.50. The molecular formula is C18H18N2O4S. The Kier molecular flexibility index (Phi) is 6.62. The lowest BCUT2D eigenvalue weighted by Gasteiger charge is -2.11. The van der Waals surface area contributed by atoms with Crippen molar-refractivity contribution in [2.75, 3.05) is 13.2 Å². The zero-order valence-electron chi connectivity index (χ0n) is 13.3. The highest BCUT2D eigenvalue weighted by Crippen LogP contribution is 2.16. The van der Waals surface area contributed by atoms with Crippen molar-refractivity contribution in [3.8, 4) is 5.75 Å². The molecule has 0 saturated carbocycles. The van der Waals surface area contributed by atoms with E-state index < -0.39 is 11.8 Å². The number of para-hydroxylation sites is 1. The zero-order valence-corrected chi connectivity index (χ0v) is 14.2. The van der Waals surface area contributed by atoms with E-state index in [1.807, 2.05) is 0 Å². The molecule has 0 aliphatic carbocycles. The number of nitrogens with one attached hydrogen (secondary N) is 2. The van der Waals surface area contributed by atoms with Crippen LogP contribution in [0.1, 0.15) is 15.9 Å². The molecule has 0 spiro atoms. The van der Waals surface area contributed by atoms with Gasteiger partial charge in [-0.3, -0.25) is 9.59 Å². The van der Waals surface area contributed by atoms with Gasteiger partial charge >= 0.3 is 0 Å². The normalized spacial score (nSPS) is 11.0. The molecule has 130 valence electrons. The van der Waals surface area contributed by atoms with E-state index in [1.165, 1.54) is 18.2 Å². The first-order valence-electron chi connectivity index (χ1n) is 7.50. The van der Waals surface area contributed by atoms with Gasteiger partial charge in [0.15, 0.2) is 0 Å². The molecule has 2 rings (SSSR count). The first-order chi connectivity index (χ1) is 12.0. The molecule has 0 radical (unpaired) electrons. The van der Waals surface area contributed by atoms with Crippen LogP contribution in [-0.2, 0) is 4.79 Å². The Balaban J connectivity index is 2.28. The lowest BCUT2D eigenvalue weighted by Crippen LogP contribution is -2.36. The van der Waals surface area contributed by atoms with Crippen LogP contribution in [-0.4, -0.2) is 35.2 Å². The Bertz CT molecular complexity index is 788. The van der Waals surface area contributed by atoms with Gasteiger partial charge in [-0.2, -0.15) is 0 Å². The molecule has 0 aromatic heterocycles. The number of aromatic hydroxyl groups is 1. The van der Waals surface area contributed by atoms with E-state index in [0.29, 0.717) is 5.56 Å². The van der Waals surface area contributed by atoms with Gasteiger partial charge in [-0.1, -0.05) is 24.3 Å². The first kappa shape index (κ1) is 18.6. The van der Waals surface area contributed by atoms with Crippen LogP contribution in [0, 0.1) is 0 Å². The van der Waals surface area contributed by atoms with Crippen LogP contribution in [0.15, 0.2) is 59.1 Å². The van der Waals surface area contributed by atoms with Crippen molar-refractivity contribution >= 4 is 30.5 Å². The minimum absolute atomic E-state index is 0.00591. The Labute approximate surface area is 150 Å². The van der Waals surface area contributed by atoms with E-state index in [9.17, 15) is 14.7 Å². The quantitative estimate of drug-likeness (QED) is 0.400. The summed E-state index contributed by atoms with van der Waals surface area (Å²) in [6, 6.07) is 13.0. The summed E-state index contributed by atoms with van der Waals surface area (Å²) in [5.41, 5.74) is 0.729. The van der Waals surface area contributed by atoms with Crippen molar-refractivity contribution < 1.29 is 19.8 Å². The average molecular weight is 358 g/mol. The third kappa shape index (κ3) is 5.37. The predicted molar refractivity (Wildman–Crippen MR) is 97.3 cm³/mol. The van der Waals surface area contributed by atoms with E-state index in [0.717, 1.165) is 4.90 Å². The van der Waals surface area contributed by atoms with Gasteiger partial charge in [-0.25, -0.2) is 0 Å². The monoisotopic (exact) mass is 358 g/mol. The minimum atomic E-state index is -0.616. The number of rotatable bonds is 6. The molecule has 2 aromatic carbocycles. The van der Waals surface area contributed by atoms with Crippen LogP contribution in [0.2, 0.25) is 0 Å². The Morgan fingerprint density at radius 3 is 2.40 bits per heavy atom. The maximum Gasteiger partial charge on any atom is 0.267 e. The predicted octanol–water partition coefficient (Wildman–Crippen LogP) is 1.56. The smallest absolute Gasteiger partial charge is 0.267 e. The standard InChI is InChI=1S/C18H18N2O4S/c21-10-9-19-18(24)15(11-12-5-7-13(25)8-6-12)20-17(23)14-3-1-2-4-16(14)22/h1-8,11,21-22,25H,9-10H2,(H,19,24)(H,20,23)/b15-11-. The number of benzene rings is 2. The summed E-state index contributed by atoms with van der Waals surface area (Å²) >= 11 is 4.20. The number of aliphatic hydroxyl groups is 1. The molecule has 0 saturated heterocycles. The maximum atomic E-state index is 12.3. The van der Waals surface area contributed by atoms with E-state index in [4.69, 9.17) is 5.11 Å². The zero-order chi connectivity index (χ0) is 18.2. The highest BCUT2D eigenvalue weighted by atomic mass is 32.1. The molecule has 0 fully saturated rings. The first-order valence-corrected chi connectivity index (χ1v) is 7.95. The number of carbonyl (C=O) groups is 2. The molecule has 0 unspecified atom stereocenters. The van der Waals surface area contributed by atoms with Crippen LogP contribution in [0.25, 0.3) is 6.08 Å². The van der Waals surface area contributed by atoms with Crippen LogP contribution in [0.3, 0.4) is 0 Å². The summed E-state index contributed by atoms with van der Waals surface area (Å²) in [5, 5.41) is 23.6. The Hall–Kier alpha value is -2.77. The van der Waals surface area contributed by atoms with Gasteiger partial charge in [0.2, 0.25) is 0 Å². The largest absolute Gasteiger partial charge is 0.507 e. The van der Waals surface area contributed by atoms with E-state index in [2.05, 4.69) is 23.3 Å². The highest BCUT2D eigenvalue weighted by molar-refractivity contribution is 7.80. The number of hydrogen-bond donors (Lipinski definition) is 5. The van der Waals surface area contributed by atoms with Gasteiger partial charge in [0.1, 0.15) is 11.4 Å². The summed E-state index contributed by atoms with van der Waals surface area (Å²) in [7, 11) is 0. The van der Waals surface area contributed by atoms with Crippen molar-refractivity contribution in [2.24, 2.45) is 0 Å². The molecule has 2 aromatic rings. The number of phenolic OH excluding ortho intramolecular Hbond substituents is 1. The van der Waals surface area contributed by atoms with Crippen LogP contribution in [0.5, 0.6) is 5.75 Å². The van der Waals surface area contributed by atoms with E-state index in [-0.39, 0.29) is 30.2 Å². The number of aliphatic hydroxyl groups excluding tert-OH is 1. The molecule has 0 bridgehead atoms. The average Bonchev–Trinajstić information content (AvgIpc) is 2.61. The van der Waals surface area contributed by atoms with Gasteiger partial charge in [-0.15, -0.1) is 12.6 Å². The van der Waals surface area contributed by atoms with Crippen molar-refractivity contribution in [3.05, 3.63) is 65.4 Å². The summed E-state index contributed by atoms with van der Waals surface area (Å²) < 4.78 is 0. The molecule has 7 heteroatoms. The molecule has 4 N–H and O–H groups in total. The highest BCUT2D eigenvalue weighted by Gasteiger charge is 2.16. The van der Waals surface area contributed by atoms with Crippen molar-refractivity contribution in [1.29, 1.82) is 0 Å². The second-order valence-corrected chi connectivity index (χ2v) is 5.62. The van der Waals surface area contributed by atoms with Gasteiger partial charge in [0.05, 0.1) is 12.2 Å². The van der Waals surface area contributed by atoms with Gasteiger partial charge < -0.3 is 20.8 Å². The fraction of sp³-hybridized carbons (Fsp3) is 0.111. The second kappa shape index (κ2) is 8.91. The number of hydrogen-bond acceptors (Lipinski definition) is 5. The lowest BCUT2D eigenvalue weighted by molar-refractivity contribution is -0.117. The number of carbonyl (C=O) groups excluding carboxylic acids is 2. The fourth-order valence-corrected chi connectivity index (χ4v) is 2.16. The third-order valence-electron chi connectivity index (χ3n) is 3.24. The molecule has 0 aliphatic rings. The Morgan fingerprint density at radius 1 is 1.08 bits per heavy atom. The van der Waals surface area contributed by atoms with Gasteiger partial charge in [0.25, 0.3) is 11.8 Å². The molecule has 0 heterocycles. The second-order valence-electron chi connectivity index (χ2n) is 5.10. The molecule has 25 heavy (non-hydrogen) atoms. The van der Waals surface area contributed by atoms with Crippen LogP contribution in [0.4, 0.5) is 0 Å². The fourth-order valence-electron chi connectivity index (χ4n) is 2.02. The topological polar surface area (TPSA) is 98.7 Å². The molecule has 0 aliphatic heterocycles. The Morgan fingerprint density at radius 2 is 1.76 bits per heavy atom. The molecular weight excluding hydrogens is 340 g/mol.